The number of nitrogens with one attached hydrogen (secondary N) is 1. The summed E-state index contributed by atoms with van der Waals surface area (Å²) in [5, 5.41) is 11.9. The molecule has 3 aromatic rings. The largest absolute Gasteiger partial charge is 0.410 e. The lowest BCUT2D eigenvalue weighted by molar-refractivity contribution is -0.115. The average Bonchev–Trinajstić information content (AvgIpc) is 3.21. The van der Waals surface area contributed by atoms with Crippen LogP contribution in [-0.2, 0) is 4.79 Å². The molecule has 0 unspecified atom stereocenters. The van der Waals surface area contributed by atoms with Gasteiger partial charge in [-0.3, -0.25) is 4.79 Å². The van der Waals surface area contributed by atoms with E-state index in [0.717, 1.165) is 28.8 Å². The van der Waals surface area contributed by atoms with Crippen LogP contribution in [0.2, 0.25) is 0 Å². The van der Waals surface area contributed by atoms with Gasteiger partial charge in [-0.1, -0.05) is 17.8 Å². The van der Waals surface area contributed by atoms with E-state index in [1.54, 1.807) is 6.92 Å². The fourth-order valence-electron chi connectivity index (χ4n) is 1.78. The summed E-state index contributed by atoms with van der Waals surface area (Å²) in [6.45, 7) is 1.65. The first kappa shape index (κ1) is 16.6. The van der Waals surface area contributed by atoms with E-state index in [2.05, 4.69) is 15.5 Å². The lowest BCUT2D eigenvalue weighted by atomic mass is 10.3. The highest BCUT2D eigenvalue weighted by atomic mass is 32.2. The maximum absolute atomic E-state index is 13.2. The van der Waals surface area contributed by atoms with Crippen LogP contribution in [0.5, 0.6) is 0 Å². The Morgan fingerprint density at radius 2 is 2.12 bits per heavy atom. The van der Waals surface area contributed by atoms with E-state index < -0.39 is 16.9 Å². The lowest BCUT2D eigenvalue weighted by Gasteiger charge is -2.10. The van der Waals surface area contributed by atoms with Gasteiger partial charge in [-0.05, 0) is 30.5 Å². The Morgan fingerprint density at radius 1 is 1.29 bits per heavy atom. The molecule has 124 valence electrons. The summed E-state index contributed by atoms with van der Waals surface area (Å²) < 4.78 is 31.5. The average molecular weight is 367 g/mol. The number of hydrogen-bond acceptors (Lipinski definition) is 6. The lowest BCUT2D eigenvalue weighted by Crippen LogP contribution is -2.22. The number of carbonyl (C=O) groups excluding carboxylic acids is 1. The van der Waals surface area contributed by atoms with Gasteiger partial charge in [-0.15, -0.1) is 21.5 Å². The molecule has 1 aromatic carbocycles. The molecule has 3 rings (SSSR count). The second kappa shape index (κ2) is 7.10. The Morgan fingerprint density at radius 3 is 2.83 bits per heavy atom. The number of nitrogens with zero attached hydrogens (tertiary/aromatic N) is 2. The van der Waals surface area contributed by atoms with Gasteiger partial charge in [-0.2, -0.15) is 0 Å². The van der Waals surface area contributed by atoms with Crippen molar-refractivity contribution in [2.24, 2.45) is 0 Å². The van der Waals surface area contributed by atoms with E-state index >= 15 is 0 Å². The summed E-state index contributed by atoms with van der Waals surface area (Å²) in [5.74, 6) is -1.99. The molecule has 0 aliphatic rings. The van der Waals surface area contributed by atoms with Crippen LogP contribution in [0, 0.1) is 11.6 Å². The number of halogens is 2. The van der Waals surface area contributed by atoms with Gasteiger partial charge in [0, 0.05) is 11.8 Å². The Bertz CT molecular complexity index is 852. The molecule has 0 fully saturated rings. The van der Waals surface area contributed by atoms with E-state index in [9.17, 15) is 13.6 Å². The SMILES string of the molecule is C[C@@H](Sc1nnc(-c2cccs2)o1)C(=O)Nc1ccc(F)c(F)c1. The Balaban J connectivity index is 1.62. The fourth-order valence-corrected chi connectivity index (χ4v) is 3.11. The Labute approximate surface area is 144 Å². The predicted octanol–water partition coefficient (Wildman–Crippen LogP) is 4.20. The minimum Gasteiger partial charge on any atom is -0.410 e. The van der Waals surface area contributed by atoms with Crippen molar-refractivity contribution in [3.63, 3.8) is 0 Å². The van der Waals surface area contributed by atoms with Crippen LogP contribution >= 0.6 is 23.1 Å². The quantitative estimate of drug-likeness (QED) is 0.685. The smallest absolute Gasteiger partial charge is 0.277 e. The summed E-state index contributed by atoms with van der Waals surface area (Å²) >= 11 is 2.55. The molecule has 2 heterocycles. The van der Waals surface area contributed by atoms with Crippen molar-refractivity contribution < 1.29 is 18.0 Å². The van der Waals surface area contributed by atoms with Crippen molar-refractivity contribution in [2.75, 3.05) is 5.32 Å². The normalized spacial score (nSPS) is 12.1. The molecule has 0 bridgehead atoms. The summed E-state index contributed by atoms with van der Waals surface area (Å²) in [7, 11) is 0. The van der Waals surface area contributed by atoms with Crippen LogP contribution in [0.3, 0.4) is 0 Å². The maximum Gasteiger partial charge on any atom is 0.277 e. The van der Waals surface area contributed by atoms with Gasteiger partial charge >= 0.3 is 0 Å². The molecule has 0 saturated heterocycles. The molecule has 1 atom stereocenters. The second-order valence-electron chi connectivity index (χ2n) is 4.73. The van der Waals surface area contributed by atoms with Gasteiger partial charge < -0.3 is 9.73 Å². The number of thioether (sulfide) groups is 1. The first-order chi connectivity index (χ1) is 11.5. The third-order valence-corrected chi connectivity index (χ3v) is 4.76. The van der Waals surface area contributed by atoms with Gasteiger partial charge in [0.15, 0.2) is 11.6 Å². The monoisotopic (exact) mass is 367 g/mol. The molecule has 0 spiro atoms. The fraction of sp³-hybridized carbons (Fsp3) is 0.133. The zero-order chi connectivity index (χ0) is 17.1. The van der Waals surface area contributed by atoms with Gasteiger partial charge in [-0.25, -0.2) is 8.78 Å². The number of hydrogen-bond donors (Lipinski definition) is 1. The van der Waals surface area contributed by atoms with Crippen molar-refractivity contribution in [2.45, 2.75) is 17.4 Å². The van der Waals surface area contributed by atoms with Crippen LogP contribution in [0.1, 0.15) is 6.92 Å². The van der Waals surface area contributed by atoms with Crippen LogP contribution in [-0.4, -0.2) is 21.4 Å². The summed E-state index contributed by atoms with van der Waals surface area (Å²) in [5.41, 5.74) is 0.177. The molecule has 24 heavy (non-hydrogen) atoms. The number of rotatable bonds is 5. The Kier molecular flexibility index (Phi) is 4.91. The van der Waals surface area contributed by atoms with Crippen molar-refractivity contribution in [3.05, 3.63) is 47.3 Å². The van der Waals surface area contributed by atoms with E-state index in [-0.39, 0.29) is 16.8 Å². The van der Waals surface area contributed by atoms with Crippen LogP contribution in [0.4, 0.5) is 14.5 Å². The van der Waals surface area contributed by atoms with Crippen LogP contribution in [0.15, 0.2) is 45.4 Å². The highest BCUT2D eigenvalue weighted by molar-refractivity contribution is 8.00. The molecular weight excluding hydrogens is 356 g/mol. The van der Waals surface area contributed by atoms with Gasteiger partial charge in [0.2, 0.25) is 5.91 Å². The highest BCUT2D eigenvalue weighted by Crippen LogP contribution is 2.28. The molecule has 5 nitrogen and oxygen atoms in total. The number of thiophene rings is 1. The van der Waals surface area contributed by atoms with Crippen molar-refractivity contribution in [1.82, 2.24) is 10.2 Å². The first-order valence-corrected chi connectivity index (χ1v) is 8.59. The summed E-state index contributed by atoms with van der Waals surface area (Å²) in [6, 6.07) is 6.89. The van der Waals surface area contributed by atoms with Gasteiger partial charge in [0.1, 0.15) is 0 Å². The Hall–Kier alpha value is -2.26. The van der Waals surface area contributed by atoms with Gasteiger partial charge in [0.25, 0.3) is 11.1 Å². The maximum atomic E-state index is 13.2. The standard InChI is InChI=1S/C15H11F2N3O2S2/c1-8(13(21)18-9-4-5-10(16)11(17)7-9)24-15-20-19-14(22-15)12-3-2-6-23-12/h2-8H,1H3,(H,18,21)/t8-/m1/s1. The molecule has 0 saturated carbocycles. The van der Waals surface area contributed by atoms with Crippen molar-refractivity contribution in [1.29, 1.82) is 0 Å². The van der Waals surface area contributed by atoms with Crippen molar-refractivity contribution in [3.8, 4) is 10.8 Å². The summed E-state index contributed by atoms with van der Waals surface area (Å²) in [4.78, 5) is 13.0. The van der Waals surface area contributed by atoms with E-state index in [4.69, 9.17) is 4.42 Å². The molecule has 9 heteroatoms. The van der Waals surface area contributed by atoms with Crippen molar-refractivity contribution >= 4 is 34.7 Å². The number of benzene rings is 1. The number of aromatic nitrogens is 2. The number of amides is 1. The third kappa shape index (κ3) is 3.80. The van der Waals surface area contributed by atoms with E-state index in [1.165, 1.54) is 17.4 Å². The van der Waals surface area contributed by atoms with E-state index in [1.807, 2.05) is 17.5 Å². The molecule has 1 N–H and O–H groups in total. The third-order valence-electron chi connectivity index (χ3n) is 2.97. The molecule has 0 aliphatic carbocycles. The zero-order valence-electron chi connectivity index (χ0n) is 12.3. The summed E-state index contributed by atoms with van der Waals surface area (Å²) in [6.07, 6.45) is 0. The molecule has 0 radical (unpaired) electrons. The predicted molar refractivity (Wildman–Crippen MR) is 87.9 cm³/mol. The highest BCUT2D eigenvalue weighted by Gasteiger charge is 2.19. The minimum atomic E-state index is -1.02. The van der Waals surface area contributed by atoms with Crippen LogP contribution < -0.4 is 5.32 Å². The molecule has 0 aliphatic heterocycles. The topological polar surface area (TPSA) is 68.0 Å². The van der Waals surface area contributed by atoms with E-state index in [0.29, 0.717) is 5.89 Å². The first-order valence-electron chi connectivity index (χ1n) is 6.83. The van der Waals surface area contributed by atoms with Gasteiger partial charge in [0.05, 0.1) is 10.1 Å². The molecule has 1 amide bonds. The molecule has 2 aromatic heterocycles. The zero-order valence-corrected chi connectivity index (χ0v) is 14.0. The minimum absolute atomic E-state index is 0.177. The number of carbonyl (C=O) groups is 1. The second-order valence-corrected chi connectivity index (χ2v) is 6.97. The molecular formula is C15H11F2N3O2S2. The van der Waals surface area contributed by atoms with Crippen LogP contribution in [0.25, 0.3) is 10.8 Å². The number of anilines is 1.